The van der Waals surface area contributed by atoms with Crippen LogP contribution in [0.5, 0.6) is 0 Å². The molecule has 2 nitrogen and oxygen atoms in total. The number of ketones is 1. The molecule has 0 spiro atoms. The number of fused-ring (bicyclic) bond motifs is 1. The molecule has 1 aromatic carbocycles. The lowest BCUT2D eigenvalue weighted by Crippen LogP contribution is -2.14. The Bertz CT molecular complexity index is 556. The van der Waals surface area contributed by atoms with Crippen molar-refractivity contribution in [3.63, 3.8) is 0 Å². The molecule has 0 aliphatic carbocycles. The van der Waals surface area contributed by atoms with E-state index >= 15 is 0 Å². The van der Waals surface area contributed by atoms with Crippen LogP contribution in [0, 0.1) is 0 Å². The van der Waals surface area contributed by atoms with Crippen molar-refractivity contribution in [1.82, 2.24) is 4.98 Å². The summed E-state index contributed by atoms with van der Waals surface area (Å²) in [5.74, 6) is 1.35. The molecule has 0 bridgehead atoms. The highest BCUT2D eigenvalue weighted by Gasteiger charge is 2.25. The summed E-state index contributed by atoms with van der Waals surface area (Å²) in [6.07, 6.45) is 3.91. The first kappa shape index (κ1) is 10.8. The highest BCUT2D eigenvalue weighted by atomic mass is 32.2. The average molecular weight is 243 g/mol. The molecule has 0 amide bonds. The summed E-state index contributed by atoms with van der Waals surface area (Å²) in [5.41, 5.74) is 1.62. The molecule has 1 atom stereocenters. The van der Waals surface area contributed by atoms with Crippen LogP contribution in [0.2, 0.25) is 0 Å². The van der Waals surface area contributed by atoms with E-state index < -0.39 is 0 Å². The molecule has 0 N–H and O–H groups in total. The molecule has 1 aromatic heterocycles. The van der Waals surface area contributed by atoms with Gasteiger partial charge in [-0.25, -0.2) is 0 Å². The molecule has 1 saturated heterocycles. The van der Waals surface area contributed by atoms with E-state index in [0.29, 0.717) is 0 Å². The van der Waals surface area contributed by atoms with Gasteiger partial charge in [-0.3, -0.25) is 9.78 Å². The Kier molecular flexibility index (Phi) is 2.85. The van der Waals surface area contributed by atoms with Crippen LogP contribution in [0.3, 0.4) is 0 Å². The Hall–Kier alpha value is -1.35. The Morgan fingerprint density at radius 3 is 3.00 bits per heavy atom. The molecule has 0 saturated carbocycles. The number of rotatable bonds is 2. The third-order valence-electron chi connectivity index (χ3n) is 3.12. The van der Waals surface area contributed by atoms with Gasteiger partial charge in [-0.2, -0.15) is 11.8 Å². The molecule has 2 heterocycles. The SMILES string of the molecule is O=C(c1cccc2cccnc12)C1CCCS1. The summed E-state index contributed by atoms with van der Waals surface area (Å²) >= 11 is 1.78. The maximum absolute atomic E-state index is 12.4. The van der Waals surface area contributed by atoms with Gasteiger partial charge in [0.15, 0.2) is 5.78 Å². The molecule has 1 aliphatic rings. The van der Waals surface area contributed by atoms with Gasteiger partial charge >= 0.3 is 0 Å². The van der Waals surface area contributed by atoms with Gasteiger partial charge in [-0.1, -0.05) is 18.2 Å². The van der Waals surface area contributed by atoms with Gasteiger partial charge in [-0.05, 0) is 30.7 Å². The minimum atomic E-state index is 0.141. The average Bonchev–Trinajstić information content (AvgIpc) is 2.91. The van der Waals surface area contributed by atoms with Gasteiger partial charge in [0.25, 0.3) is 0 Å². The van der Waals surface area contributed by atoms with Crippen molar-refractivity contribution in [1.29, 1.82) is 0 Å². The van der Waals surface area contributed by atoms with E-state index in [1.165, 1.54) is 0 Å². The lowest BCUT2D eigenvalue weighted by molar-refractivity contribution is 0.0990. The standard InChI is InChI=1S/C14H13NOS/c16-14(12-7-3-9-17-12)11-6-1-4-10-5-2-8-15-13(10)11/h1-2,4-6,8,12H,3,7,9H2. The Morgan fingerprint density at radius 1 is 1.29 bits per heavy atom. The van der Waals surface area contributed by atoms with Crippen molar-refractivity contribution in [2.75, 3.05) is 5.75 Å². The first-order valence-electron chi connectivity index (χ1n) is 5.86. The lowest BCUT2D eigenvalue weighted by Gasteiger charge is -2.09. The van der Waals surface area contributed by atoms with E-state index in [0.717, 1.165) is 35.1 Å². The first-order valence-corrected chi connectivity index (χ1v) is 6.91. The van der Waals surface area contributed by atoms with Crippen LogP contribution in [0.1, 0.15) is 23.2 Å². The van der Waals surface area contributed by atoms with Crippen LogP contribution in [-0.2, 0) is 0 Å². The third kappa shape index (κ3) is 1.95. The fourth-order valence-electron chi connectivity index (χ4n) is 2.26. The minimum absolute atomic E-state index is 0.141. The second-order valence-corrected chi connectivity index (χ2v) is 5.56. The van der Waals surface area contributed by atoms with E-state index in [9.17, 15) is 4.79 Å². The van der Waals surface area contributed by atoms with E-state index in [4.69, 9.17) is 0 Å². The predicted molar refractivity (Wildman–Crippen MR) is 71.6 cm³/mol. The number of para-hydroxylation sites is 1. The number of thioether (sulfide) groups is 1. The number of nitrogens with zero attached hydrogens (tertiary/aromatic N) is 1. The Labute approximate surface area is 104 Å². The fraction of sp³-hybridized carbons (Fsp3) is 0.286. The maximum Gasteiger partial charge on any atom is 0.177 e. The van der Waals surface area contributed by atoms with E-state index in [1.54, 1.807) is 18.0 Å². The quantitative estimate of drug-likeness (QED) is 0.758. The number of carbonyl (C=O) groups is 1. The van der Waals surface area contributed by atoms with Crippen molar-refractivity contribution >= 4 is 28.4 Å². The van der Waals surface area contributed by atoms with Crippen molar-refractivity contribution < 1.29 is 4.79 Å². The van der Waals surface area contributed by atoms with E-state index in [-0.39, 0.29) is 11.0 Å². The zero-order valence-corrected chi connectivity index (χ0v) is 10.2. The normalized spacial score (nSPS) is 19.6. The molecule has 3 rings (SSSR count). The van der Waals surface area contributed by atoms with Crippen LogP contribution < -0.4 is 0 Å². The molecule has 17 heavy (non-hydrogen) atoms. The van der Waals surface area contributed by atoms with Gasteiger partial charge in [0.1, 0.15) is 0 Å². The maximum atomic E-state index is 12.4. The highest BCUT2D eigenvalue weighted by Crippen LogP contribution is 2.30. The number of pyridine rings is 1. The first-order chi connectivity index (χ1) is 8.36. The summed E-state index contributed by atoms with van der Waals surface area (Å²) in [7, 11) is 0. The summed E-state index contributed by atoms with van der Waals surface area (Å²) in [6, 6.07) is 9.75. The molecule has 3 heteroatoms. The molecule has 1 fully saturated rings. The van der Waals surface area contributed by atoms with Crippen LogP contribution in [-0.4, -0.2) is 21.8 Å². The lowest BCUT2D eigenvalue weighted by atomic mass is 10.0. The van der Waals surface area contributed by atoms with E-state index in [2.05, 4.69) is 4.98 Å². The van der Waals surface area contributed by atoms with Crippen LogP contribution in [0.15, 0.2) is 36.5 Å². The third-order valence-corrected chi connectivity index (χ3v) is 4.50. The zero-order chi connectivity index (χ0) is 11.7. The second kappa shape index (κ2) is 4.49. The smallest absolute Gasteiger partial charge is 0.177 e. The number of Topliss-reactive ketones (excluding diaryl/α,β-unsaturated/α-hetero) is 1. The molecular formula is C14H13NOS. The van der Waals surface area contributed by atoms with Gasteiger partial charge < -0.3 is 0 Å². The fourth-order valence-corrected chi connectivity index (χ4v) is 3.49. The number of benzene rings is 1. The summed E-state index contributed by atoms with van der Waals surface area (Å²) in [4.78, 5) is 16.7. The number of carbonyl (C=O) groups excluding carboxylic acids is 1. The summed E-state index contributed by atoms with van der Waals surface area (Å²) in [5, 5.41) is 1.18. The molecular weight excluding hydrogens is 230 g/mol. The Balaban J connectivity index is 2.07. The van der Waals surface area contributed by atoms with E-state index in [1.807, 2.05) is 30.3 Å². The number of aromatic nitrogens is 1. The van der Waals surface area contributed by atoms with Gasteiger partial charge in [-0.15, -0.1) is 0 Å². The number of hydrogen-bond donors (Lipinski definition) is 0. The summed E-state index contributed by atoms with van der Waals surface area (Å²) < 4.78 is 0. The van der Waals surface area contributed by atoms with Crippen molar-refractivity contribution in [3.8, 4) is 0 Å². The monoisotopic (exact) mass is 243 g/mol. The molecule has 1 unspecified atom stereocenters. The second-order valence-electron chi connectivity index (χ2n) is 4.25. The van der Waals surface area contributed by atoms with Crippen LogP contribution in [0.25, 0.3) is 10.9 Å². The largest absolute Gasteiger partial charge is 0.293 e. The predicted octanol–water partition coefficient (Wildman–Crippen LogP) is 3.31. The highest BCUT2D eigenvalue weighted by molar-refractivity contribution is 8.00. The van der Waals surface area contributed by atoms with Crippen molar-refractivity contribution in [3.05, 3.63) is 42.1 Å². The van der Waals surface area contributed by atoms with Crippen LogP contribution >= 0.6 is 11.8 Å². The molecule has 86 valence electrons. The van der Waals surface area contributed by atoms with Gasteiger partial charge in [0.05, 0.1) is 10.8 Å². The molecule has 0 radical (unpaired) electrons. The zero-order valence-electron chi connectivity index (χ0n) is 9.43. The van der Waals surface area contributed by atoms with Crippen molar-refractivity contribution in [2.45, 2.75) is 18.1 Å². The van der Waals surface area contributed by atoms with Gasteiger partial charge in [0, 0.05) is 17.1 Å². The molecule has 1 aliphatic heterocycles. The van der Waals surface area contributed by atoms with Crippen molar-refractivity contribution in [2.24, 2.45) is 0 Å². The van der Waals surface area contributed by atoms with Gasteiger partial charge in [0.2, 0.25) is 0 Å². The topological polar surface area (TPSA) is 30.0 Å². The Morgan fingerprint density at radius 2 is 2.18 bits per heavy atom. The minimum Gasteiger partial charge on any atom is -0.293 e. The molecule has 2 aromatic rings. The number of hydrogen-bond acceptors (Lipinski definition) is 3. The summed E-state index contributed by atoms with van der Waals surface area (Å²) in [6.45, 7) is 0. The van der Waals surface area contributed by atoms with Crippen LogP contribution in [0.4, 0.5) is 0 Å².